The first-order valence-corrected chi connectivity index (χ1v) is 6.30. The first-order valence-electron chi connectivity index (χ1n) is 6.30. The average Bonchev–Trinajstić information content (AvgIpc) is 2.02. The van der Waals surface area contributed by atoms with Crippen LogP contribution in [-0.4, -0.2) is 32.2 Å². The zero-order valence-electron chi connectivity index (χ0n) is 11.0. The van der Waals surface area contributed by atoms with Crippen molar-refractivity contribution in [2.24, 2.45) is 5.92 Å². The Morgan fingerprint density at radius 2 is 1.36 bits per heavy atom. The Bertz CT molecular complexity index is 118. The lowest BCUT2D eigenvalue weighted by atomic mass is 9.93. The minimum atomic E-state index is 0.997. The van der Waals surface area contributed by atoms with Crippen LogP contribution in [0.4, 0.5) is 0 Å². The summed E-state index contributed by atoms with van der Waals surface area (Å²) in [4.78, 5) is 0. The lowest BCUT2D eigenvalue weighted by Gasteiger charge is -2.25. The van der Waals surface area contributed by atoms with Crippen molar-refractivity contribution in [3.63, 3.8) is 0 Å². The topological polar surface area (TPSA) is 0 Å². The van der Waals surface area contributed by atoms with Crippen molar-refractivity contribution in [1.29, 1.82) is 0 Å². The summed E-state index contributed by atoms with van der Waals surface area (Å²) < 4.78 is 1.12. The van der Waals surface area contributed by atoms with E-state index in [1.54, 1.807) is 0 Å². The van der Waals surface area contributed by atoms with Gasteiger partial charge < -0.3 is 4.48 Å². The van der Waals surface area contributed by atoms with E-state index in [1.807, 2.05) is 0 Å². The van der Waals surface area contributed by atoms with Crippen LogP contribution < -0.4 is 0 Å². The van der Waals surface area contributed by atoms with Gasteiger partial charge in [-0.1, -0.05) is 39.5 Å². The molecule has 0 aromatic heterocycles. The molecule has 0 fully saturated rings. The summed E-state index contributed by atoms with van der Waals surface area (Å²) in [5, 5.41) is 0. The van der Waals surface area contributed by atoms with Gasteiger partial charge >= 0.3 is 0 Å². The highest BCUT2D eigenvalue weighted by Crippen LogP contribution is 2.19. The maximum absolute atomic E-state index is 2.31. The highest BCUT2D eigenvalue weighted by Gasteiger charge is 2.10. The monoisotopic (exact) mass is 200 g/mol. The molecule has 0 atom stereocenters. The number of quaternary nitrogens is 1. The van der Waals surface area contributed by atoms with Crippen LogP contribution in [0.5, 0.6) is 0 Å². The van der Waals surface area contributed by atoms with E-state index < -0.39 is 0 Å². The van der Waals surface area contributed by atoms with Gasteiger partial charge in [0, 0.05) is 0 Å². The van der Waals surface area contributed by atoms with E-state index in [4.69, 9.17) is 0 Å². The smallest absolute Gasteiger partial charge is 0.0780 e. The molecule has 0 saturated carbocycles. The van der Waals surface area contributed by atoms with Gasteiger partial charge in [-0.05, 0) is 18.8 Å². The molecule has 0 spiro atoms. The molecular weight excluding hydrogens is 170 g/mol. The van der Waals surface area contributed by atoms with Gasteiger partial charge in [0.05, 0.1) is 27.7 Å². The van der Waals surface area contributed by atoms with Crippen LogP contribution in [0.1, 0.15) is 52.4 Å². The average molecular weight is 200 g/mol. The molecule has 0 bridgehead atoms. The molecule has 1 heteroatoms. The van der Waals surface area contributed by atoms with Gasteiger partial charge in [-0.15, -0.1) is 0 Å². The van der Waals surface area contributed by atoms with Gasteiger partial charge in [-0.25, -0.2) is 0 Å². The predicted octanol–water partition coefficient (Wildman–Crippen LogP) is 3.69. The molecule has 1 nitrogen and oxygen atoms in total. The van der Waals surface area contributed by atoms with Crippen LogP contribution in [0, 0.1) is 5.92 Å². The second kappa shape index (κ2) is 7.28. The van der Waals surface area contributed by atoms with E-state index in [-0.39, 0.29) is 0 Å². The Labute approximate surface area is 91.1 Å². The molecule has 0 amide bonds. The van der Waals surface area contributed by atoms with E-state index in [0.29, 0.717) is 0 Å². The molecule has 0 rings (SSSR count). The summed E-state index contributed by atoms with van der Waals surface area (Å²) in [6.07, 6.45) is 8.42. The van der Waals surface area contributed by atoms with Gasteiger partial charge in [0.1, 0.15) is 0 Å². The first kappa shape index (κ1) is 14.0. The molecule has 0 heterocycles. The number of rotatable bonds is 8. The summed E-state index contributed by atoms with van der Waals surface area (Å²) >= 11 is 0. The Hall–Kier alpha value is -0.0400. The van der Waals surface area contributed by atoms with E-state index in [2.05, 4.69) is 35.0 Å². The standard InChI is InChI=1S/C13H30N/c1-6-9-13(10-7-2)11-8-12-14(3,4)5/h13H,6-12H2,1-5H3/q+1. The highest BCUT2D eigenvalue weighted by molar-refractivity contribution is 4.58. The molecule has 0 aliphatic rings. The van der Waals surface area contributed by atoms with E-state index in [1.165, 1.54) is 45.1 Å². The van der Waals surface area contributed by atoms with E-state index >= 15 is 0 Å². The lowest BCUT2D eigenvalue weighted by Crippen LogP contribution is -2.35. The number of hydrogen-bond acceptors (Lipinski definition) is 0. The van der Waals surface area contributed by atoms with Crippen molar-refractivity contribution < 1.29 is 4.48 Å². The third kappa shape index (κ3) is 8.55. The molecule has 0 unspecified atom stereocenters. The van der Waals surface area contributed by atoms with Gasteiger partial charge in [0.15, 0.2) is 0 Å². The second-order valence-corrected chi connectivity index (χ2v) is 5.60. The third-order valence-electron chi connectivity index (χ3n) is 2.84. The molecule has 0 radical (unpaired) electrons. The zero-order chi connectivity index (χ0) is 11.0. The summed E-state index contributed by atoms with van der Waals surface area (Å²) in [7, 11) is 6.86. The SMILES string of the molecule is CCCC(CCC)CCC[N+](C)(C)C. The van der Waals surface area contributed by atoms with Crippen molar-refractivity contribution in [2.45, 2.75) is 52.4 Å². The predicted molar refractivity (Wildman–Crippen MR) is 65.4 cm³/mol. The Morgan fingerprint density at radius 1 is 0.857 bits per heavy atom. The van der Waals surface area contributed by atoms with E-state index in [0.717, 1.165) is 10.4 Å². The van der Waals surface area contributed by atoms with Crippen molar-refractivity contribution in [1.82, 2.24) is 0 Å². The summed E-state index contributed by atoms with van der Waals surface area (Å²) in [5.74, 6) is 0.997. The third-order valence-corrected chi connectivity index (χ3v) is 2.84. The van der Waals surface area contributed by atoms with Crippen molar-refractivity contribution in [3.05, 3.63) is 0 Å². The van der Waals surface area contributed by atoms with Gasteiger partial charge in [-0.2, -0.15) is 0 Å². The van der Waals surface area contributed by atoms with E-state index in [9.17, 15) is 0 Å². The van der Waals surface area contributed by atoms with Crippen LogP contribution in [0.25, 0.3) is 0 Å². The molecule has 0 aromatic rings. The van der Waals surface area contributed by atoms with Crippen LogP contribution >= 0.6 is 0 Å². The molecule has 14 heavy (non-hydrogen) atoms. The number of hydrogen-bond donors (Lipinski definition) is 0. The van der Waals surface area contributed by atoms with Crippen molar-refractivity contribution >= 4 is 0 Å². The maximum atomic E-state index is 2.31. The van der Waals surface area contributed by atoms with Gasteiger partial charge in [-0.3, -0.25) is 0 Å². The Balaban J connectivity index is 3.60. The van der Waals surface area contributed by atoms with Gasteiger partial charge in [0.25, 0.3) is 0 Å². The Kier molecular flexibility index (Phi) is 7.26. The summed E-state index contributed by atoms with van der Waals surface area (Å²) in [5.41, 5.74) is 0. The highest BCUT2D eigenvalue weighted by atomic mass is 15.3. The summed E-state index contributed by atoms with van der Waals surface area (Å²) in [6, 6.07) is 0. The lowest BCUT2D eigenvalue weighted by molar-refractivity contribution is -0.870. The van der Waals surface area contributed by atoms with Crippen LogP contribution in [0.2, 0.25) is 0 Å². The van der Waals surface area contributed by atoms with Crippen LogP contribution in [-0.2, 0) is 0 Å². The summed E-state index contributed by atoms with van der Waals surface area (Å²) in [6.45, 7) is 5.94. The fourth-order valence-electron chi connectivity index (χ4n) is 2.10. The largest absolute Gasteiger partial charge is 0.331 e. The molecule has 0 aliphatic heterocycles. The quantitative estimate of drug-likeness (QED) is 0.524. The maximum Gasteiger partial charge on any atom is 0.0780 e. The second-order valence-electron chi connectivity index (χ2n) is 5.60. The minimum absolute atomic E-state index is 0.997. The first-order chi connectivity index (χ1) is 6.49. The molecule has 0 saturated heterocycles. The zero-order valence-corrected chi connectivity index (χ0v) is 11.0. The fourth-order valence-corrected chi connectivity index (χ4v) is 2.10. The van der Waals surface area contributed by atoms with Crippen molar-refractivity contribution in [2.75, 3.05) is 27.7 Å². The number of nitrogens with zero attached hydrogens (tertiary/aromatic N) is 1. The fraction of sp³-hybridized carbons (Fsp3) is 1.00. The van der Waals surface area contributed by atoms with Crippen LogP contribution in [0.3, 0.4) is 0 Å². The minimum Gasteiger partial charge on any atom is -0.331 e. The Morgan fingerprint density at radius 3 is 1.71 bits per heavy atom. The van der Waals surface area contributed by atoms with Crippen molar-refractivity contribution in [3.8, 4) is 0 Å². The molecule has 0 N–H and O–H groups in total. The normalized spacial score (nSPS) is 12.4. The van der Waals surface area contributed by atoms with Crippen LogP contribution in [0.15, 0.2) is 0 Å². The molecule has 0 aliphatic carbocycles. The molecule has 0 aromatic carbocycles. The van der Waals surface area contributed by atoms with Gasteiger partial charge in [0.2, 0.25) is 0 Å². The molecular formula is C13H30N+. The molecule has 86 valence electrons.